The average molecular weight is 615 g/mol. The molecular weight excluding hydrogens is 588 g/mol. The lowest BCUT2D eigenvalue weighted by Gasteiger charge is -2.13. The zero-order valence-corrected chi connectivity index (χ0v) is 24.5. The van der Waals surface area contributed by atoms with Crippen molar-refractivity contribution in [2.75, 3.05) is 10.6 Å². The van der Waals surface area contributed by atoms with Crippen LogP contribution in [0.4, 0.5) is 11.9 Å². The molecule has 6 aromatic rings. The second-order valence-electron chi connectivity index (χ2n) is 9.45. The van der Waals surface area contributed by atoms with E-state index in [-0.39, 0.29) is 17.8 Å². The van der Waals surface area contributed by atoms with Crippen molar-refractivity contribution in [3.8, 4) is 34.9 Å². The molecule has 0 saturated carbocycles. The minimum Gasteiger partial charge on any atom is -0.481 e. The second-order valence-corrected chi connectivity index (χ2v) is 9.45. The van der Waals surface area contributed by atoms with Crippen molar-refractivity contribution in [2.45, 2.75) is 20.0 Å². The highest BCUT2D eigenvalue weighted by Gasteiger charge is 2.18. The van der Waals surface area contributed by atoms with Gasteiger partial charge in [0.15, 0.2) is 17.8 Å². The van der Waals surface area contributed by atoms with Crippen LogP contribution in [-0.4, -0.2) is 63.2 Å². The van der Waals surface area contributed by atoms with Gasteiger partial charge >= 0.3 is 0 Å². The SMILES string of the molecule is CC(Oc1ccc(C#N)cc1)C(=O)Nc1n[nH]c(-c2ccccn2)n1.Cc1cccc(C(=O)Nc2n[nH]c(-c3ccccn3)n2)n1. The average Bonchev–Trinajstić information content (AvgIpc) is 3.76. The van der Waals surface area contributed by atoms with Gasteiger partial charge in [-0.3, -0.25) is 40.4 Å². The number of aryl methyl sites for hydroxylation is 1. The summed E-state index contributed by atoms with van der Waals surface area (Å²) >= 11 is 0. The van der Waals surface area contributed by atoms with Crippen molar-refractivity contribution in [3.05, 3.63) is 108 Å². The summed E-state index contributed by atoms with van der Waals surface area (Å²) in [6.45, 7) is 3.43. The van der Waals surface area contributed by atoms with Crippen LogP contribution in [0.1, 0.15) is 28.7 Å². The number of anilines is 2. The van der Waals surface area contributed by atoms with Crippen LogP contribution < -0.4 is 15.4 Å². The smallest absolute Gasteiger partial charge is 0.276 e. The first-order chi connectivity index (χ1) is 22.4. The molecule has 5 heterocycles. The molecule has 1 aromatic carbocycles. The number of benzene rings is 1. The van der Waals surface area contributed by atoms with Crippen molar-refractivity contribution < 1.29 is 14.3 Å². The summed E-state index contributed by atoms with van der Waals surface area (Å²) in [5, 5.41) is 27.3. The Morgan fingerprint density at radius 1 is 0.783 bits per heavy atom. The lowest BCUT2D eigenvalue weighted by Crippen LogP contribution is -2.30. The summed E-state index contributed by atoms with van der Waals surface area (Å²) in [6, 6.07) is 24.6. The molecule has 0 fully saturated rings. The van der Waals surface area contributed by atoms with Gasteiger partial charge in [0.25, 0.3) is 11.8 Å². The van der Waals surface area contributed by atoms with Gasteiger partial charge in [0, 0.05) is 18.1 Å². The molecule has 6 rings (SSSR count). The highest BCUT2D eigenvalue weighted by Crippen LogP contribution is 2.16. The third-order valence-electron chi connectivity index (χ3n) is 6.03. The maximum absolute atomic E-state index is 12.2. The van der Waals surface area contributed by atoms with Crippen LogP contribution >= 0.6 is 0 Å². The van der Waals surface area contributed by atoms with E-state index in [1.165, 1.54) is 0 Å². The number of carbonyl (C=O) groups excluding carboxylic acids is 2. The number of pyridine rings is 3. The van der Waals surface area contributed by atoms with Crippen LogP contribution in [0.25, 0.3) is 23.0 Å². The fourth-order valence-electron chi connectivity index (χ4n) is 3.78. The van der Waals surface area contributed by atoms with E-state index < -0.39 is 12.0 Å². The van der Waals surface area contributed by atoms with Crippen LogP contribution in [-0.2, 0) is 4.79 Å². The number of rotatable bonds is 8. The fourth-order valence-corrected chi connectivity index (χ4v) is 3.78. The summed E-state index contributed by atoms with van der Waals surface area (Å²) < 4.78 is 5.54. The third kappa shape index (κ3) is 8.17. The monoisotopic (exact) mass is 614 g/mol. The highest BCUT2D eigenvalue weighted by molar-refractivity contribution is 6.01. The predicted octanol–water partition coefficient (Wildman–Crippen LogP) is 3.97. The number of H-pyrrole nitrogens is 2. The number of nitrogens with one attached hydrogen (secondary N) is 4. The molecule has 0 aliphatic rings. The van der Waals surface area contributed by atoms with E-state index in [0.29, 0.717) is 40.0 Å². The molecule has 15 nitrogen and oxygen atoms in total. The Balaban J connectivity index is 0.000000184. The van der Waals surface area contributed by atoms with Crippen molar-refractivity contribution in [2.24, 2.45) is 0 Å². The molecule has 0 aliphatic heterocycles. The molecule has 2 amide bonds. The first-order valence-corrected chi connectivity index (χ1v) is 13.8. The molecule has 15 heteroatoms. The molecule has 0 saturated heterocycles. The van der Waals surface area contributed by atoms with Crippen LogP contribution in [0.5, 0.6) is 5.75 Å². The van der Waals surface area contributed by atoms with Gasteiger partial charge in [-0.2, -0.15) is 15.2 Å². The summed E-state index contributed by atoms with van der Waals surface area (Å²) in [7, 11) is 0. The van der Waals surface area contributed by atoms with Gasteiger partial charge in [-0.05, 0) is 74.5 Å². The number of hydrogen-bond donors (Lipinski definition) is 4. The molecule has 46 heavy (non-hydrogen) atoms. The minimum atomic E-state index is -0.760. The quantitative estimate of drug-likeness (QED) is 0.192. The molecule has 0 bridgehead atoms. The van der Waals surface area contributed by atoms with Crippen molar-refractivity contribution in [1.29, 1.82) is 5.26 Å². The number of amides is 2. The lowest BCUT2D eigenvalue weighted by molar-refractivity contribution is -0.122. The normalized spacial score (nSPS) is 10.9. The molecule has 5 aromatic heterocycles. The molecule has 1 atom stereocenters. The Morgan fingerprint density at radius 2 is 1.39 bits per heavy atom. The topological polar surface area (TPSA) is 213 Å². The summed E-state index contributed by atoms with van der Waals surface area (Å²) in [5.74, 6) is 1.01. The van der Waals surface area contributed by atoms with Gasteiger partial charge in [-0.25, -0.2) is 4.98 Å². The Morgan fingerprint density at radius 3 is 1.93 bits per heavy atom. The first-order valence-electron chi connectivity index (χ1n) is 13.8. The Bertz CT molecular complexity index is 1950. The highest BCUT2D eigenvalue weighted by atomic mass is 16.5. The maximum atomic E-state index is 12.2. The predicted molar refractivity (Wildman–Crippen MR) is 166 cm³/mol. The Hall–Kier alpha value is -6.82. The third-order valence-corrected chi connectivity index (χ3v) is 6.03. The molecule has 0 radical (unpaired) electrons. The maximum Gasteiger partial charge on any atom is 0.276 e. The molecule has 228 valence electrons. The number of ether oxygens (including phenoxy) is 1. The standard InChI is InChI=1S/C17H14N6O2.C14H12N6O/c1-11(25-13-7-5-12(10-18)6-8-13)16(24)21-17-20-15(22-23-17)14-4-2-3-9-19-14;1-9-5-4-7-11(16-9)13(21)18-14-17-12(19-20-14)10-6-2-3-8-15-10/h2-9,11H,1H3,(H2,20,21,22,23,24);2-8H,1H3,(H2,17,18,19,20,21). The van der Waals surface area contributed by atoms with Gasteiger partial charge in [0.2, 0.25) is 11.9 Å². The van der Waals surface area contributed by atoms with E-state index in [0.717, 1.165) is 5.69 Å². The fraction of sp³-hybridized carbons (Fsp3) is 0.0968. The van der Waals surface area contributed by atoms with Gasteiger partial charge < -0.3 is 4.74 Å². The number of hydrogen-bond acceptors (Lipinski definition) is 11. The zero-order valence-electron chi connectivity index (χ0n) is 24.5. The second kappa shape index (κ2) is 14.6. The zero-order chi connectivity index (χ0) is 32.3. The van der Waals surface area contributed by atoms with Crippen molar-refractivity contribution in [3.63, 3.8) is 0 Å². The van der Waals surface area contributed by atoms with Crippen LogP contribution in [0.3, 0.4) is 0 Å². The van der Waals surface area contributed by atoms with E-state index in [1.807, 2.05) is 37.3 Å². The first kappa shape index (κ1) is 30.6. The van der Waals surface area contributed by atoms with Crippen molar-refractivity contribution >= 4 is 23.7 Å². The number of carbonyl (C=O) groups is 2. The summed E-state index contributed by atoms with van der Waals surface area (Å²) in [4.78, 5) is 45.0. The number of nitrogens with zero attached hydrogens (tertiary/aromatic N) is 8. The van der Waals surface area contributed by atoms with Gasteiger partial charge in [0.05, 0.1) is 11.6 Å². The molecule has 1 unspecified atom stereocenters. The number of aromatic amines is 2. The van der Waals surface area contributed by atoms with E-state index in [9.17, 15) is 9.59 Å². The lowest BCUT2D eigenvalue weighted by atomic mass is 10.2. The van der Waals surface area contributed by atoms with Crippen LogP contribution in [0, 0.1) is 18.3 Å². The van der Waals surface area contributed by atoms with E-state index >= 15 is 0 Å². The van der Waals surface area contributed by atoms with Gasteiger partial charge in [-0.15, -0.1) is 10.2 Å². The number of aromatic nitrogens is 9. The van der Waals surface area contributed by atoms with E-state index in [1.54, 1.807) is 73.9 Å². The van der Waals surface area contributed by atoms with Crippen molar-refractivity contribution in [1.82, 2.24) is 45.3 Å². The minimum absolute atomic E-state index is 0.140. The van der Waals surface area contributed by atoms with Crippen LogP contribution in [0.15, 0.2) is 91.3 Å². The van der Waals surface area contributed by atoms with E-state index in [2.05, 4.69) is 55.9 Å². The summed E-state index contributed by atoms with van der Waals surface area (Å²) in [5.41, 5.74) is 2.88. The summed E-state index contributed by atoms with van der Waals surface area (Å²) in [6.07, 6.45) is 2.54. The molecular formula is C31H26N12O3. The van der Waals surface area contributed by atoms with Gasteiger partial charge in [-0.1, -0.05) is 18.2 Å². The molecule has 0 aliphatic carbocycles. The largest absolute Gasteiger partial charge is 0.481 e. The Labute approximate surface area is 262 Å². The Kier molecular flexibility index (Phi) is 9.70. The van der Waals surface area contributed by atoms with Gasteiger partial charge in [0.1, 0.15) is 22.8 Å². The van der Waals surface area contributed by atoms with Crippen LogP contribution in [0.2, 0.25) is 0 Å². The molecule has 0 spiro atoms. The van der Waals surface area contributed by atoms with E-state index in [4.69, 9.17) is 10.00 Å². The number of nitriles is 1. The molecule has 4 N–H and O–H groups in total.